The molecule has 5 nitrogen and oxygen atoms in total. The fourth-order valence-corrected chi connectivity index (χ4v) is 3.26. The second-order valence-electron chi connectivity index (χ2n) is 6.81. The van der Waals surface area contributed by atoms with Crippen LogP contribution in [0.3, 0.4) is 0 Å². The van der Waals surface area contributed by atoms with Crippen molar-refractivity contribution in [1.82, 2.24) is 4.90 Å². The minimum absolute atomic E-state index is 0.00653. The van der Waals surface area contributed by atoms with E-state index in [1.54, 1.807) is 7.11 Å². The molecular formula is C22H27NO4. The second-order valence-corrected chi connectivity index (χ2v) is 6.81. The standard InChI is InChI=1S/C22H27NO4/c1-17(8-9-18-6-4-3-5-7-18)23(22(24)16-25-2)15-19-10-11-20-21(14-19)27-13-12-26-20/h3-7,10-11,14,17H,8-9,12-13,15-16H2,1-2H3/t17-/m0/s1. The molecule has 0 aromatic heterocycles. The van der Waals surface area contributed by atoms with Crippen LogP contribution in [-0.2, 0) is 22.5 Å². The lowest BCUT2D eigenvalue weighted by atomic mass is 10.0. The fourth-order valence-electron chi connectivity index (χ4n) is 3.26. The van der Waals surface area contributed by atoms with Gasteiger partial charge < -0.3 is 19.1 Å². The molecular weight excluding hydrogens is 342 g/mol. The topological polar surface area (TPSA) is 48.0 Å². The molecule has 0 N–H and O–H groups in total. The van der Waals surface area contributed by atoms with Crippen molar-refractivity contribution >= 4 is 5.91 Å². The number of aryl methyl sites for hydroxylation is 1. The summed E-state index contributed by atoms with van der Waals surface area (Å²) in [6, 6.07) is 16.3. The van der Waals surface area contributed by atoms with E-state index in [1.165, 1.54) is 5.56 Å². The highest BCUT2D eigenvalue weighted by molar-refractivity contribution is 5.77. The van der Waals surface area contributed by atoms with Gasteiger partial charge in [0.25, 0.3) is 0 Å². The number of hydrogen-bond acceptors (Lipinski definition) is 4. The van der Waals surface area contributed by atoms with Gasteiger partial charge in [-0.05, 0) is 43.0 Å². The van der Waals surface area contributed by atoms with Crippen LogP contribution in [0.4, 0.5) is 0 Å². The summed E-state index contributed by atoms with van der Waals surface area (Å²) in [7, 11) is 1.55. The van der Waals surface area contributed by atoms with Crippen molar-refractivity contribution in [2.75, 3.05) is 26.9 Å². The summed E-state index contributed by atoms with van der Waals surface area (Å²) in [5.74, 6) is 1.50. The molecule has 0 unspecified atom stereocenters. The maximum Gasteiger partial charge on any atom is 0.249 e. The van der Waals surface area contributed by atoms with Crippen molar-refractivity contribution < 1.29 is 19.0 Å². The van der Waals surface area contributed by atoms with Crippen LogP contribution in [-0.4, -0.2) is 43.8 Å². The van der Waals surface area contributed by atoms with Crippen molar-refractivity contribution in [1.29, 1.82) is 0 Å². The predicted molar refractivity (Wildman–Crippen MR) is 104 cm³/mol. The molecule has 3 rings (SSSR count). The van der Waals surface area contributed by atoms with Crippen LogP contribution in [0.25, 0.3) is 0 Å². The summed E-state index contributed by atoms with van der Waals surface area (Å²) in [6.07, 6.45) is 1.82. The number of nitrogens with zero attached hydrogens (tertiary/aromatic N) is 1. The molecule has 0 radical (unpaired) electrons. The Labute approximate surface area is 160 Å². The summed E-state index contributed by atoms with van der Waals surface area (Å²) in [6.45, 7) is 3.82. The third-order valence-electron chi connectivity index (χ3n) is 4.77. The van der Waals surface area contributed by atoms with E-state index in [2.05, 4.69) is 19.1 Å². The molecule has 144 valence electrons. The Morgan fingerprint density at radius 2 is 1.81 bits per heavy atom. The Morgan fingerprint density at radius 1 is 1.07 bits per heavy atom. The number of ether oxygens (including phenoxy) is 3. The van der Waals surface area contributed by atoms with Crippen LogP contribution in [0, 0.1) is 0 Å². The number of methoxy groups -OCH3 is 1. The number of benzene rings is 2. The summed E-state index contributed by atoms with van der Waals surface area (Å²) in [5, 5.41) is 0. The molecule has 1 amide bonds. The first-order chi connectivity index (χ1) is 13.2. The predicted octanol–water partition coefficient (Wildman–Crippen LogP) is 3.45. The van der Waals surface area contributed by atoms with Crippen molar-refractivity contribution in [3.8, 4) is 11.5 Å². The summed E-state index contributed by atoms with van der Waals surface area (Å²) < 4.78 is 16.3. The largest absolute Gasteiger partial charge is 0.486 e. The van der Waals surface area contributed by atoms with Crippen LogP contribution < -0.4 is 9.47 Å². The lowest BCUT2D eigenvalue weighted by molar-refractivity contribution is -0.138. The Balaban J connectivity index is 1.69. The Bertz CT molecular complexity index is 747. The highest BCUT2D eigenvalue weighted by atomic mass is 16.6. The zero-order valence-electron chi connectivity index (χ0n) is 16.0. The molecule has 0 saturated heterocycles. The second kappa shape index (κ2) is 9.42. The molecule has 1 aliphatic rings. The van der Waals surface area contributed by atoms with Crippen LogP contribution in [0.5, 0.6) is 11.5 Å². The van der Waals surface area contributed by atoms with Gasteiger partial charge >= 0.3 is 0 Å². The third kappa shape index (κ3) is 5.23. The number of carbonyl (C=O) groups is 1. The molecule has 2 aromatic rings. The van der Waals surface area contributed by atoms with Crippen molar-refractivity contribution in [2.45, 2.75) is 32.4 Å². The molecule has 0 aliphatic carbocycles. The normalized spacial score (nSPS) is 13.9. The molecule has 0 saturated carbocycles. The molecule has 0 bridgehead atoms. The average molecular weight is 369 g/mol. The Hall–Kier alpha value is -2.53. The molecule has 1 aliphatic heterocycles. The zero-order valence-corrected chi connectivity index (χ0v) is 16.0. The van der Waals surface area contributed by atoms with Gasteiger partial charge in [0.15, 0.2) is 11.5 Å². The van der Waals surface area contributed by atoms with E-state index in [0.717, 1.165) is 29.9 Å². The molecule has 27 heavy (non-hydrogen) atoms. The van der Waals surface area contributed by atoms with Gasteiger partial charge in [-0.15, -0.1) is 0 Å². The van der Waals surface area contributed by atoms with E-state index in [4.69, 9.17) is 14.2 Å². The van der Waals surface area contributed by atoms with Crippen LogP contribution >= 0.6 is 0 Å². The van der Waals surface area contributed by atoms with E-state index >= 15 is 0 Å². The van der Waals surface area contributed by atoms with Crippen LogP contribution in [0.2, 0.25) is 0 Å². The van der Waals surface area contributed by atoms with Crippen molar-refractivity contribution in [2.24, 2.45) is 0 Å². The summed E-state index contributed by atoms with van der Waals surface area (Å²) >= 11 is 0. The summed E-state index contributed by atoms with van der Waals surface area (Å²) in [4.78, 5) is 14.5. The van der Waals surface area contributed by atoms with Crippen molar-refractivity contribution in [3.05, 3.63) is 59.7 Å². The molecule has 0 spiro atoms. The van der Waals surface area contributed by atoms with Crippen LogP contribution in [0.1, 0.15) is 24.5 Å². The first-order valence-corrected chi connectivity index (χ1v) is 9.38. The van der Waals surface area contributed by atoms with Gasteiger partial charge in [-0.2, -0.15) is 0 Å². The van der Waals surface area contributed by atoms with E-state index in [0.29, 0.717) is 19.8 Å². The lowest BCUT2D eigenvalue weighted by Crippen LogP contribution is -2.40. The highest BCUT2D eigenvalue weighted by Gasteiger charge is 2.21. The minimum atomic E-state index is -0.00653. The molecule has 2 aromatic carbocycles. The number of rotatable bonds is 8. The minimum Gasteiger partial charge on any atom is -0.486 e. The van der Waals surface area contributed by atoms with Gasteiger partial charge in [0.2, 0.25) is 5.91 Å². The van der Waals surface area contributed by atoms with Crippen LogP contribution in [0.15, 0.2) is 48.5 Å². The smallest absolute Gasteiger partial charge is 0.249 e. The van der Waals surface area contributed by atoms with E-state index in [9.17, 15) is 4.79 Å². The number of amides is 1. The van der Waals surface area contributed by atoms with E-state index in [1.807, 2.05) is 41.3 Å². The molecule has 1 heterocycles. The highest BCUT2D eigenvalue weighted by Crippen LogP contribution is 2.31. The third-order valence-corrected chi connectivity index (χ3v) is 4.77. The SMILES string of the molecule is COCC(=O)N(Cc1ccc2c(c1)OCCO2)[C@@H](C)CCc1ccccc1. The van der Waals surface area contributed by atoms with Gasteiger partial charge in [0.05, 0.1) is 0 Å². The first kappa shape index (κ1) is 19.2. The van der Waals surface area contributed by atoms with Crippen molar-refractivity contribution in [3.63, 3.8) is 0 Å². The molecule has 0 fully saturated rings. The van der Waals surface area contributed by atoms with E-state index < -0.39 is 0 Å². The van der Waals surface area contributed by atoms with Gasteiger partial charge in [-0.1, -0.05) is 36.4 Å². The summed E-state index contributed by atoms with van der Waals surface area (Å²) in [5.41, 5.74) is 2.30. The monoisotopic (exact) mass is 369 g/mol. The maximum atomic E-state index is 12.6. The number of hydrogen-bond donors (Lipinski definition) is 0. The van der Waals surface area contributed by atoms with Gasteiger partial charge in [-0.3, -0.25) is 4.79 Å². The lowest BCUT2D eigenvalue weighted by Gasteiger charge is -2.30. The van der Waals surface area contributed by atoms with Gasteiger partial charge in [-0.25, -0.2) is 0 Å². The fraction of sp³-hybridized carbons (Fsp3) is 0.409. The zero-order chi connectivity index (χ0) is 19.1. The quantitative estimate of drug-likeness (QED) is 0.715. The van der Waals surface area contributed by atoms with Gasteiger partial charge in [0.1, 0.15) is 19.8 Å². The Kier molecular flexibility index (Phi) is 6.71. The first-order valence-electron chi connectivity index (χ1n) is 9.38. The molecule has 5 heteroatoms. The number of fused-ring (bicyclic) bond motifs is 1. The van der Waals surface area contributed by atoms with E-state index in [-0.39, 0.29) is 18.6 Å². The molecule has 1 atom stereocenters. The maximum absolute atomic E-state index is 12.6. The number of carbonyl (C=O) groups excluding carboxylic acids is 1. The van der Waals surface area contributed by atoms with Gasteiger partial charge in [0, 0.05) is 19.7 Å². The Morgan fingerprint density at radius 3 is 2.56 bits per heavy atom. The average Bonchev–Trinajstić information content (AvgIpc) is 2.71.